The topological polar surface area (TPSA) is 52.9 Å². The molecule has 0 bridgehead atoms. The van der Waals surface area contributed by atoms with Gasteiger partial charge in [0, 0.05) is 20.2 Å². The molecule has 18 heavy (non-hydrogen) atoms. The zero-order chi connectivity index (χ0) is 13.5. The van der Waals surface area contributed by atoms with Gasteiger partial charge in [-0.3, -0.25) is 0 Å². The van der Waals surface area contributed by atoms with Crippen LogP contribution in [0.5, 0.6) is 0 Å². The van der Waals surface area contributed by atoms with Crippen molar-refractivity contribution in [2.24, 2.45) is 0 Å². The highest BCUT2D eigenvalue weighted by atomic mass is 35.5. The zero-order valence-corrected chi connectivity index (χ0v) is 11.5. The number of rotatable bonds is 7. The fourth-order valence-electron chi connectivity index (χ4n) is 1.71. The quantitative estimate of drug-likeness (QED) is 0.796. The van der Waals surface area contributed by atoms with Gasteiger partial charge in [-0.2, -0.15) is 0 Å². The first kappa shape index (κ1) is 15.2. The lowest BCUT2D eigenvalue weighted by Crippen LogP contribution is -2.30. The van der Waals surface area contributed by atoms with Gasteiger partial charge in [0.15, 0.2) is 0 Å². The van der Waals surface area contributed by atoms with E-state index in [0.29, 0.717) is 24.7 Å². The van der Waals surface area contributed by atoms with Gasteiger partial charge in [-0.05, 0) is 24.6 Å². The Morgan fingerprint density at radius 3 is 2.61 bits per heavy atom. The minimum absolute atomic E-state index is 0.0538. The van der Waals surface area contributed by atoms with Crippen molar-refractivity contribution >= 4 is 17.3 Å². The first-order valence-corrected chi connectivity index (χ1v) is 6.30. The molecule has 1 aromatic rings. The molecule has 0 aliphatic carbocycles. The molecular weight excluding hydrogens is 254 g/mol. The maximum atomic E-state index is 9.49. The summed E-state index contributed by atoms with van der Waals surface area (Å²) in [5.74, 6) is 0. The van der Waals surface area contributed by atoms with Crippen LogP contribution in [-0.4, -0.2) is 43.6 Å². The van der Waals surface area contributed by atoms with Gasteiger partial charge in [-0.25, -0.2) is 0 Å². The summed E-state index contributed by atoms with van der Waals surface area (Å²) < 4.78 is 5.04. The molecule has 1 atom stereocenters. The summed E-state index contributed by atoms with van der Waals surface area (Å²) in [5, 5.41) is 19.1. The average Bonchev–Trinajstić information content (AvgIpc) is 2.34. The van der Waals surface area contributed by atoms with E-state index in [-0.39, 0.29) is 6.61 Å². The summed E-state index contributed by atoms with van der Waals surface area (Å²) in [6.45, 7) is 3.47. The summed E-state index contributed by atoms with van der Waals surface area (Å²) in [7, 11) is 1.63. The SMILES string of the molecule is COCCN(CCO)c1ccc([C@H](C)O)cc1Cl. The van der Waals surface area contributed by atoms with Gasteiger partial charge in [0.1, 0.15) is 0 Å². The molecule has 0 amide bonds. The van der Waals surface area contributed by atoms with Crippen LogP contribution < -0.4 is 4.90 Å². The maximum Gasteiger partial charge on any atom is 0.0762 e. The normalized spacial score (nSPS) is 12.5. The molecule has 0 aliphatic heterocycles. The predicted molar refractivity (Wildman–Crippen MR) is 73.3 cm³/mol. The van der Waals surface area contributed by atoms with Crippen molar-refractivity contribution in [1.29, 1.82) is 0 Å². The van der Waals surface area contributed by atoms with Crippen LogP contribution in [0.1, 0.15) is 18.6 Å². The summed E-state index contributed by atoms with van der Waals surface area (Å²) >= 11 is 6.21. The summed E-state index contributed by atoms with van der Waals surface area (Å²) in [5.41, 5.74) is 1.62. The van der Waals surface area contributed by atoms with Crippen molar-refractivity contribution in [3.8, 4) is 0 Å². The van der Waals surface area contributed by atoms with E-state index in [1.807, 2.05) is 17.0 Å². The number of hydrogen-bond donors (Lipinski definition) is 2. The summed E-state index contributed by atoms with van der Waals surface area (Å²) in [6.07, 6.45) is -0.540. The minimum Gasteiger partial charge on any atom is -0.395 e. The highest BCUT2D eigenvalue weighted by Crippen LogP contribution is 2.28. The van der Waals surface area contributed by atoms with Crippen LogP contribution in [0.4, 0.5) is 5.69 Å². The first-order chi connectivity index (χ1) is 8.60. The Bertz CT molecular complexity index is 371. The van der Waals surface area contributed by atoms with Crippen LogP contribution in [0.25, 0.3) is 0 Å². The highest BCUT2D eigenvalue weighted by Gasteiger charge is 2.11. The van der Waals surface area contributed by atoms with Gasteiger partial charge in [0.2, 0.25) is 0 Å². The Balaban J connectivity index is 2.90. The molecule has 0 aliphatic rings. The van der Waals surface area contributed by atoms with Crippen LogP contribution in [0, 0.1) is 0 Å². The molecule has 5 heteroatoms. The van der Waals surface area contributed by atoms with Gasteiger partial charge < -0.3 is 19.8 Å². The van der Waals surface area contributed by atoms with Crippen LogP contribution in [0.15, 0.2) is 18.2 Å². The first-order valence-electron chi connectivity index (χ1n) is 5.92. The van der Waals surface area contributed by atoms with Crippen molar-refractivity contribution in [3.05, 3.63) is 28.8 Å². The molecule has 0 fully saturated rings. The number of methoxy groups -OCH3 is 1. The third-order valence-electron chi connectivity index (χ3n) is 2.73. The van der Waals surface area contributed by atoms with Gasteiger partial charge in [0.05, 0.1) is 30.0 Å². The lowest BCUT2D eigenvalue weighted by Gasteiger charge is -2.25. The number of ether oxygens (including phenoxy) is 1. The van der Waals surface area contributed by atoms with E-state index in [1.165, 1.54) is 0 Å². The number of anilines is 1. The minimum atomic E-state index is -0.540. The van der Waals surface area contributed by atoms with Crippen molar-refractivity contribution in [3.63, 3.8) is 0 Å². The van der Waals surface area contributed by atoms with E-state index < -0.39 is 6.10 Å². The van der Waals surface area contributed by atoms with Gasteiger partial charge in [-0.1, -0.05) is 17.7 Å². The Hall–Kier alpha value is -0.810. The van der Waals surface area contributed by atoms with E-state index >= 15 is 0 Å². The summed E-state index contributed by atoms with van der Waals surface area (Å²) in [4.78, 5) is 1.96. The number of aliphatic hydroxyl groups is 2. The standard InChI is InChI=1S/C13H20ClNO3/c1-10(17)11-3-4-13(12(14)9-11)15(5-7-16)6-8-18-2/h3-4,9-10,16-17H,5-8H2,1-2H3/t10-/m0/s1. The Morgan fingerprint density at radius 2 is 2.11 bits per heavy atom. The third-order valence-corrected chi connectivity index (χ3v) is 3.03. The second kappa shape index (κ2) is 7.59. The van der Waals surface area contributed by atoms with E-state index in [9.17, 15) is 5.11 Å². The van der Waals surface area contributed by atoms with Crippen molar-refractivity contribution < 1.29 is 14.9 Å². The van der Waals surface area contributed by atoms with Crippen LogP contribution in [-0.2, 0) is 4.74 Å². The Labute approximate surface area is 113 Å². The van der Waals surface area contributed by atoms with Crippen molar-refractivity contribution in [1.82, 2.24) is 0 Å². The van der Waals surface area contributed by atoms with Crippen LogP contribution in [0.2, 0.25) is 5.02 Å². The predicted octanol–water partition coefficient (Wildman–Crippen LogP) is 1.84. The molecule has 2 N–H and O–H groups in total. The number of halogens is 1. The monoisotopic (exact) mass is 273 g/mol. The number of hydrogen-bond acceptors (Lipinski definition) is 4. The van der Waals surface area contributed by atoms with Gasteiger partial charge in [-0.15, -0.1) is 0 Å². The second-order valence-electron chi connectivity index (χ2n) is 4.09. The number of benzene rings is 1. The molecule has 0 heterocycles. The Kier molecular flexibility index (Phi) is 6.43. The smallest absolute Gasteiger partial charge is 0.0762 e. The van der Waals surface area contributed by atoms with E-state index in [1.54, 1.807) is 20.1 Å². The zero-order valence-electron chi connectivity index (χ0n) is 10.8. The molecule has 0 radical (unpaired) electrons. The van der Waals surface area contributed by atoms with Crippen LogP contribution >= 0.6 is 11.6 Å². The van der Waals surface area contributed by atoms with Crippen LogP contribution in [0.3, 0.4) is 0 Å². The average molecular weight is 274 g/mol. The highest BCUT2D eigenvalue weighted by molar-refractivity contribution is 6.33. The lowest BCUT2D eigenvalue weighted by molar-refractivity contribution is 0.199. The molecule has 1 rings (SSSR count). The lowest BCUT2D eigenvalue weighted by atomic mass is 10.1. The molecule has 0 unspecified atom stereocenters. The molecule has 0 aromatic heterocycles. The maximum absolute atomic E-state index is 9.49. The molecule has 4 nitrogen and oxygen atoms in total. The third kappa shape index (κ3) is 4.14. The van der Waals surface area contributed by atoms with Gasteiger partial charge >= 0.3 is 0 Å². The molecule has 1 aromatic carbocycles. The van der Waals surface area contributed by atoms with Crippen molar-refractivity contribution in [2.75, 3.05) is 38.3 Å². The Morgan fingerprint density at radius 1 is 1.39 bits per heavy atom. The van der Waals surface area contributed by atoms with E-state index in [0.717, 1.165) is 11.3 Å². The second-order valence-corrected chi connectivity index (χ2v) is 4.50. The molecule has 0 saturated heterocycles. The number of nitrogens with zero attached hydrogens (tertiary/aromatic N) is 1. The van der Waals surface area contributed by atoms with E-state index in [2.05, 4.69) is 0 Å². The molecule has 0 saturated carbocycles. The fraction of sp³-hybridized carbons (Fsp3) is 0.538. The number of aliphatic hydroxyl groups excluding tert-OH is 2. The summed E-state index contributed by atoms with van der Waals surface area (Å²) in [6, 6.07) is 5.44. The van der Waals surface area contributed by atoms with Crippen molar-refractivity contribution in [2.45, 2.75) is 13.0 Å². The largest absolute Gasteiger partial charge is 0.395 e. The van der Waals surface area contributed by atoms with Gasteiger partial charge in [0.25, 0.3) is 0 Å². The van der Waals surface area contributed by atoms with E-state index in [4.69, 9.17) is 21.4 Å². The molecule has 102 valence electrons. The fourth-order valence-corrected chi connectivity index (χ4v) is 2.02. The molecule has 0 spiro atoms. The molecular formula is C13H20ClNO3.